The van der Waals surface area contributed by atoms with Crippen LogP contribution in [0, 0.1) is 17.8 Å². The molecule has 2 aliphatic rings. The van der Waals surface area contributed by atoms with Gasteiger partial charge in [-0.1, -0.05) is 30.3 Å². The van der Waals surface area contributed by atoms with Crippen molar-refractivity contribution in [1.29, 1.82) is 0 Å². The van der Waals surface area contributed by atoms with Crippen LogP contribution in [0.2, 0.25) is 0 Å². The molecule has 0 spiro atoms. The van der Waals surface area contributed by atoms with Gasteiger partial charge in [-0.2, -0.15) is 8.78 Å². The Morgan fingerprint density at radius 3 is 2.76 bits per heavy atom. The van der Waals surface area contributed by atoms with Gasteiger partial charge in [0.2, 0.25) is 5.91 Å². The van der Waals surface area contributed by atoms with Crippen LogP contribution < -0.4 is 5.32 Å². The number of nitrogens with one attached hydrogen (secondary N) is 1. The molecule has 1 N–H and O–H groups in total. The van der Waals surface area contributed by atoms with Crippen molar-refractivity contribution in [2.45, 2.75) is 42.8 Å². The molecule has 2 saturated carbocycles. The van der Waals surface area contributed by atoms with Crippen LogP contribution in [0.5, 0.6) is 0 Å². The summed E-state index contributed by atoms with van der Waals surface area (Å²) in [6.07, 6.45) is 5.52. The van der Waals surface area contributed by atoms with Crippen molar-refractivity contribution in [3.8, 4) is 0 Å². The van der Waals surface area contributed by atoms with Crippen molar-refractivity contribution >= 4 is 23.4 Å². The van der Waals surface area contributed by atoms with Crippen LogP contribution in [-0.4, -0.2) is 11.7 Å². The maximum absolute atomic E-state index is 12.5. The van der Waals surface area contributed by atoms with E-state index in [1.54, 1.807) is 24.3 Å². The number of benzene rings is 1. The number of para-hydroxylation sites is 1. The molecule has 3 atom stereocenters. The third kappa shape index (κ3) is 3.57. The van der Waals surface area contributed by atoms with Crippen molar-refractivity contribution in [2.75, 3.05) is 5.32 Å². The van der Waals surface area contributed by atoms with Crippen molar-refractivity contribution in [3.05, 3.63) is 24.3 Å². The average Bonchev–Trinajstić information content (AvgIpc) is 3.02. The zero-order valence-corrected chi connectivity index (χ0v) is 12.5. The van der Waals surface area contributed by atoms with Gasteiger partial charge in [0, 0.05) is 11.3 Å². The van der Waals surface area contributed by atoms with Crippen LogP contribution in [0.3, 0.4) is 0 Å². The first kappa shape index (κ1) is 14.8. The first-order chi connectivity index (χ1) is 10.1. The van der Waals surface area contributed by atoms with Crippen molar-refractivity contribution in [1.82, 2.24) is 0 Å². The van der Waals surface area contributed by atoms with E-state index in [9.17, 15) is 13.6 Å². The normalized spacial score (nSPS) is 27.3. The van der Waals surface area contributed by atoms with E-state index in [1.807, 2.05) is 0 Å². The molecule has 2 aliphatic carbocycles. The molecule has 114 valence electrons. The van der Waals surface area contributed by atoms with Crippen LogP contribution in [-0.2, 0) is 4.79 Å². The second-order valence-corrected chi connectivity index (χ2v) is 7.09. The standard InChI is InChI=1S/C16H19F2NOS/c17-16(18)21-14-4-2-1-3-13(14)19-15(20)9-12-8-10-5-6-11(12)7-10/h1-4,10-12,16H,5-9H2,(H,19,20). The lowest BCUT2D eigenvalue weighted by atomic mass is 9.86. The van der Waals surface area contributed by atoms with E-state index in [0.29, 0.717) is 40.6 Å². The van der Waals surface area contributed by atoms with Crippen LogP contribution in [0.25, 0.3) is 0 Å². The molecule has 0 aromatic heterocycles. The van der Waals surface area contributed by atoms with Gasteiger partial charge in [-0.3, -0.25) is 4.79 Å². The van der Waals surface area contributed by atoms with Crippen LogP contribution in [0.1, 0.15) is 32.1 Å². The van der Waals surface area contributed by atoms with Gasteiger partial charge in [-0.15, -0.1) is 0 Å². The minimum absolute atomic E-state index is 0.0464. The molecular weight excluding hydrogens is 292 g/mol. The van der Waals surface area contributed by atoms with Crippen LogP contribution >= 0.6 is 11.8 Å². The number of carbonyl (C=O) groups excluding carboxylic acids is 1. The lowest BCUT2D eigenvalue weighted by Crippen LogP contribution is -2.20. The van der Waals surface area contributed by atoms with E-state index in [-0.39, 0.29) is 5.91 Å². The molecule has 3 unspecified atom stereocenters. The van der Waals surface area contributed by atoms with Gasteiger partial charge in [0.05, 0.1) is 5.69 Å². The Labute approximate surface area is 127 Å². The van der Waals surface area contributed by atoms with E-state index in [0.717, 1.165) is 12.3 Å². The number of carbonyl (C=O) groups is 1. The Bertz CT molecular complexity index is 523. The van der Waals surface area contributed by atoms with Gasteiger partial charge in [0.1, 0.15) is 0 Å². The van der Waals surface area contributed by atoms with Gasteiger partial charge < -0.3 is 5.32 Å². The second kappa shape index (κ2) is 6.34. The largest absolute Gasteiger partial charge is 0.325 e. The number of alkyl halides is 2. The summed E-state index contributed by atoms with van der Waals surface area (Å²) in [6.45, 7) is 0. The van der Waals surface area contributed by atoms with E-state index in [4.69, 9.17) is 0 Å². The smallest absolute Gasteiger partial charge is 0.288 e. The lowest BCUT2D eigenvalue weighted by Gasteiger charge is -2.21. The van der Waals surface area contributed by atoms with Crippen molar-refractivity contribution in [2.24, 2.45) is 17.8 Å². The van der Waals surface area contributed by atoms with Gasteiger partial charge in [0.15, 0.2) is 0 Å². The van der Waals surface area contributed by atoms with Gasteiger partial charge in [-0.25, -0.2) is 0 Å². The molecule has 1 amide bonds. The highest BCUT2D eigenvalue weighted by Gasteiger charge is 2.40. The number of rotatable bonds is 5. The number of anilines is 1. The number of thioether (sulfide) groups is 1. The van der Waals surface area contributed by atoms with E-state index in [1.165, 1.54) is 19.3 Å². The lowest BCUT2D eigenvalue weighted by molar-refractivity contribution is -0.117. The molecule has 0 heterocycles. The van der Waals surface area contributed by atoms with Crippen LogP contribution in [0.15, 0.2) is 29.2 Å². The highest BCUT2D eigenvalue weighted by atomic mass is 32.2. The third-order valence-electron chi connectivity index (χ3n) is 4.71. The minimum Gasteiger partial charge on any atom is -0.325 e. The molecule has 1 aromatic carbocycles. The molecule has 0 aliphatic heterocycles. The number of hydrogen-bond acceptors (Lipinski definition) is 2. The molecule has 2 fully saturated rings. The number of hydrogen-bond donors (Lipinski definition) is 1. The molecular formula is C16H19F2NOS. The number of fused-ring (bicyclic) bond motifs is 2. The Morgan fingerprint density at radius 2 is 2.10 bits per heavy atom. The van der Waals surface area contributed by atoms with E-state index < -0.39 is 5.76 Å². The van der Waals surface area contributed by atoms with Crippen molar-refractivity contribution < 1.29 is 13.6 Å². The number of halogens is 2. The highest BCUT2D eigenvalue weighted by Crippen LogP contribution is 2.49. The highest BCUT2D eigenvalue weighted by molar-refractivity contribution is 7.99. The van der Waals surface area contributed by atoms with Gasteiger partial charge in [-0.05, 0) is 49.1 Å². The summed E-state index contributed by atoms with van der Waals surface area (Å²) in [5.41, 5.74) is 0.496. The molecule has 2 bridgehead atoms. The average molecular weight is 311 g/mol. The second-order valence-electron chi connectivity index (χ2n) is 6.06. The summed E-state index contributed by atoms with van der Waals surface area (Å²) < 4.78 is 25.0. The maximum Gasteiger partial charge on any atom is 0.288 e. The van der Waals surface area contributed by atoms with Gasteiger partial charge in [0.25, 0.3) is 5.76 Å². The Balaban J connectivity index is 1.60. The summed E-state index contributed by atoms with van der Waals surface area (Å²) in [4.78, 5) is 12.6. The minimum atomic E-state index is -2.48. The fraction of sp³-hybridized carbons (Fsp3) is 0.562. The molecule has 3 rings (SSSR count). The fourth-order valence-electron chi connectivity index (χ4n) is 3.83. The predicted molar refractivity (Wildman–Crippen MR) is 80.5 cm³/mol. The summed E-state index contributed by atoms with van der Waals surface area (Å²) in [5.74, 6) is -0.525. The predicted octanol–water partition coefficient (Wildman–Crippen LogP) is 4.77. The zero-order chi connectivity index (χ0) is 14.8. The Hall–Kier alpha value is -1.10. The zero-order valence-electron chi connectivity index (χ0n) is 11.7. The molecule has 1 aromatic rings. The molecule has 5 heteroatoms. The molecule has 2 nitrogen and oxygen atoms in total. The fourth-order valence-corrected chi connectivity index (χ4v) is 4.43. The Morgan fingerprint density at radius 1 is 1.29 bits per heavy atom. The molecule has 0 saturated heterocycles. The first-order valence-corrected chi connectivity index (χ1v) is 8.33. The van der Waals surface area contributed by atoms with Gasteiger partial charge >= 0.3 is 0 Å². The van der Waals surface area contributed by atoms with E-state index in [2.05, 4.69) is 5.32 Å². The Kier molecular flexibility index (Phi) is 4.48. The third-order valence-corrected chi connectivity index (χ3v) is 5.50. The summed E-state index contributed by atoms with van der Waals surface area (Å²) in [5, 5.41) is 2.81. The quantitative estimate of drug-likeness (QED) is 0.794. The first-order valence-electron chi connectivity index (χ1n) is 7.45. The number of amides is 1. The molecule has 21 heavy (non-hydrogen) atoms. The summed E-state index contributed by atoms with van der Waals surface area (Å²) >= 11 is 0.474. The van der Waals surface area contributed by atoms with Crippen LogP contribution in [0.4, 0.5) is 14.5 Å². The van der Waals surface area contributed by atoms with Crippen molar-refractivity contribution in [3.63, 3.8) is 0 Å². The summed E-state index contributed by atoms with van der Waals surface area (Å²) in [7, 11) is 0. The molecule has 0 radical (unpaired) electrons. The maximum atomic E-state index is 12.5. The summed E-state index contributed by atoms with van der Waals surface area (Å²) in [6, 6.07) is 6.76. The topological polar surface area (TPSA) is 29.1 Å². The SMILES string of the molecule is O=C(CC1CC2CCC1C2)Nc1ccccc1SC(F)F. The monoisotopic (exact) mass is 311 g/mol. The van der Waals surface area contributed by atoms with E-state index >= 15 is 0 Å².